The minimum Gasteiger partial charge on any atom is -0.481 e. The van der Waals surface area contributed by atoms with Crippen LogP contribution < -0.4 is 4.74 Å². The first-order valence-electron chi connectivity index (χ1n) is 5.28. The third kappa shape index (κ3) is 1.89. The summed E-state index contributed by atoms with van der Waals surface area (Å²) < 4.78 is 10.2. The number of aliphatic hydroxyl groups is 2. The van der Waals surface area contributed by atoms with Crippen LogP contribution in [0.15, 0.2) is 6.07 Å². The number of ether oxygens (including phenoxy) is 2. The smallest absolute Gasteiger partial charge is 0.220 e. The fourth-order valence-electron chi connectivity index (χ4n) is 2.01. The molecule has 0 amide bonds. The molecule has 17 heavy (non-hydrogen) atoms. The third-order valence-corrected chi connectivity index (χ3v) is 3.24. The molecule has 1 aromatic heterocycles. The van der Waals surface area contributed by atoms with E-state index in [1.165, 1.54) is 13.2 Å². The average molecular weight is 260 g/mol. The van der Waals surface area contributed by atoms with Gasteiger partial charge in [-0.05, 0) is 12.5 Å². The van der Waals surface area contributed by atoms with Gasteiger partial charge in [0.25, 0.3) is 0 Å². The number of hydrogen-bond acceptors (Lipinski definition) is 5. The highest BCUT2D eigenvalue weighted by molar-refractivity contribution is 6.29. The number of methoxy groups -OCH3 is 1. The zero-order valence-electron chi connectivity index (χ0n) is 9.61. The number of hydrogen-bond donors (Lipinski definition) is 2. The summed E-state index contributed by atoms with van der Waals surface area (Å²) in [4.78, 5) is 4.00. The van der Waals surface area contributed by atoms with Crippen molar-refractivity contribution in [3.8, 4) is 5.88 Å². The third-order valence-electron chi connectivity index (χ3n) is 3.05. The lowest BCUT2D eigenvalue weighted by molar-refractivity contribution is -0.236. The van der Waals surface area contributed by atoms with E-state index >= 15 is 0 Å². The molecule has 0 saturated carbocycles. The molecule has 1 aromatic rings. The first-order chi connectivity index (χ1) is 8.02. The van der Waals surface area contributed by atoms with Crippen molar-refractivity contribution in [2.45, 2.75) is 31.8 Å². The van der Waals surface area contributed by atoms with Crippen molar-refractivity contribution < 1.29 is 19.7 Å². The minimum absolute atomic E-state index is 0.131. The highest BCUT2D eigenvalue weighted by atomic mass is 35.5. The number of pyridine rings is 1. The summed E-state index contributed by atoms with van der Waals surface area (Å²) in [6.07, 6.45) is -0.979. The highest BCUT2D eigenvalue weighted by Crippen LogP contribution is 2.40. The molecule has 0 bridgehead atoms. The van der Waals surface area contributed by atoms with E-state index in [0.717, 1.165) is 0 Å². The highest BCUT2D eigenvalue weighted by Gasteiger charge is 2.43. The Labute approximate surface area is 104 Å². The van der Waals surface area contributed by atoms with Crippen molar-refractivity contribution in [3.63, 3.8) is 0 Å². The van der Waals surface area contributed by atoms with Gasteiger partial charge in [-0.3, -0.25) is 0 Å². The van der Waals surface area contributed by atoms with Crippen molar-refractivity contribution in [3.05, 3.63) is 22.3 Å². The molecular formula is C11H14ClNO4. The van der Waals surface area contributed by atoms with Crippen LogP contribution in [0.25, 0.3) is 0 Å². The van der Waals surface area contributed by atoms with Crippen molar-refractivity contribution >= 4 is 11.6 Å². The Morgan fingerprint density at radius 3 is 3.00 bits per heavy atom. The van der Waals surface area contributed by atoms with Crippen LogP contribution in [0.2, 0.25) is 5.15 Å². The molecule has 0 aliphatic carbocycles. The van der Waals surface area contributed by atoms with E-state index in [-0.39, 0.29) is 11.8 Å². The van der Waals surface area contributed by atoms with Gasteiger partial charge in [-0.2, -0.15) is 0 Å². The summed E-state index contributed by atoms with van der Waals surface area (Å²) in [5, 5.41) is 20.4. The van der Waals surface area contributed by atoms with E-state index in [1.807, 2.05) is 0 Å². The van der Waals surface area contributed by atoms with E-state index < -0.39 is 11.9 Å². The normalized spacial score (nSPS) is 27.7. The van der Waals surface area contributed by atoms with Gasteiger partial charge < -0.3 is 19.7 Å². The zero-order chi connectivity index (χ0) is 12.6. The van der Waals surface area contributed by atoms with Crippen molar-refractivity contribution in [2.75, 3.05) is 7.11 Å². The van der Waals surface area contributed by atoms with Gasteiger partial charge in [0, 0.05) is 11.1 Å². The molecule has 2 rings (SSSR count). The Morgan fingerprint density at radius 2 is 2.41 bits per heavy atom. The van der Waals surface area contributed by atoms with Crippen LogP contribution in [0.1, 0.15) is 24.5 Å². The molecule has 2 atom stereocenters. The van der Waals surface area contributed by atoms with Crippen LogP contribution in [0.4, 0.5) is 0 Å². The van der Waals surface area contributed by atoms with Crippen LogP contribution in [0, 0.1) is 0 Å². The fourth-order valence-corrected chi connectivity index (χ4v) is 2.20. The first kappa shape index (κ1) is 12.6. The second-order valence-corrected chi connectivity index (χ2v) is 4.31. The van der Waals surface area contributed by atoms with Gasteiger partial charge in [0.2, 0.25) is 5.88 Å². The van der Waals surface area contributed by atoms with Crippen LogP contribution in [-0.2, 0) is 16.9 Å². The topological polar surface area (TPSA) is 71.8 Å². The largest absolute Gasteiger partial charge is 0.481 e. The molecule has 1 unspecified atom stereocenters. The molecule has 5 nitrogen and oxygen atoms in total. The van der Waals surface area contributed by atoms with Gasteiger partial charge in [0.1, 0.15) is 10.8 Å². The lowest BCUT2D eigenvalue weighted by Gasteiger charge is -2.37. The van der Waals surface area contributed by atoms with Crippen molar-refractivity contribution in [1.29, 1.82) is 0 Å². The zero-order valence-corrected chi connectivity index (χ0v) is 10.4. The van der Waals surface area contributed by atoms with E-state index in [9.17, 15) is 10.2 Å². The summed E-state index contributed by atoms with van der Waals surface area (Å²) in [6.45, 7) is 1.88. The van der Waals surface area contributed by atoms with Crippen molar-refractivity contribution in [1.82, 2.24) is 4.98 Å². The number of fused-ring (bicyclic) bond motifs is 1. The SMILES string of the molecule is CCC1(O)c2cc(Cl)nc(OC)c2CO[C@@H]1O. The summed E-state index contributed by atoms with van der Waals surface area (Å²) in [5.41, 5.74) is -0.352. The summed E-state index contributed by atoms with van der Waals surface area (Å²) in [6, 6.07) is 1.54. The Kier molecular flexibility index (Phi) is 3.27. The summed E-state index contributed by atoms with van der Waals surface area (Å²) in [5.74, 6) is 0.311. The van der Waals surface area contributed by atoms with Crippen LogP contribution in [-0.4, -0.2) is 28.6 Å². The molecule has 0 aromatic carbocycles. The molecule has 94 valence electrons. The van der Waals surface area contributed by atoms with Gasteiger partial charge >= 0.3 is 0 Å². The molecule has 0 fully saturated rings. The maximum absolute atomic E-state index is 10.4. The standard InChI is InChI=1S/C11H14ClNO4/c1-3-11(15)7-4-8(12)13-9(16-2)6(7)5-17-10(11)14/h4,10,14-15H,3,5H2,1-2H3/t10-,11?/m0/s1. The van der Waals surface area contributed by atoms with Gasteiger partial charge in [-0.15, -0.1) is 0 Å². The second-order valence-electron chi connectivity index (χ2n) is 3.92. The Bertz CT molecular complexity index is 440. The lowest BCUT2D eigenvalue weighted by Crippen LogP contribution is -2.44. The molecule has 0 radical (unpaired) electrons. The van der Waals surface area contributed by atoms with Crippen LogP contribution in [0.3, 0.4) is 0 Å². The van der Waals surface area contributed by atoms with E-state index in [0.29, 0.717) is 23.4 Å². The Hall–Kier alpha value is -0.880. The summed E-state index contributed by atoms with van der Waals surface area (Å²) in [7, 11) is 1.47. The van der Waals surface area contributed by atoms with Crippen LogP contribution in [0.5, 0.6) is 5.88 Å². The molecular weight excluding hydrogens is 246 g/mol. The molecule has 1 aliphatic heterocycles. The van der Waals surface area contributed by atoms with Gasteiger partial charge in [0.05, 0.1) is 13.7 Å². The van der Waals surface area contributed by atoms with Crippen molar-refractivity contribution in [2.24, 2.45) is 0 Å². The predicted molar refractivity (Wildman–Crippen MR) is 60.8 cm³/mol. The van der Waals surface area contributed by atoms with Gasteiger partial charge in [-0.1, -0.05) is 18.5 Å². The molecule has 0 spiro atoms. The number of aromatic nitrogens is 1. The quantitative estimate of drug-likeness (QED) is 0.781. The van der Waals surface area contributed by atoms with E-state index in [1.54, 1.807) is 6.92 Å². The number of halogens is 1. The maximum atomic E-state index is 10.4. The summed E-state index contributed by atoms with van der Waals surface area (Å²) >= 11 is 5.87. The molecule has 2 heterocycles. The predicted octanol–water partition coefficient (Wildman–Crippen LogP) is 1.19. The van der Waals surface area contributed by atoms with Gasteiger partial charge in [0.15, 0.2) is 6.29 Å². The number of nitrogens with zero attached hydrogens (tertiary/aromatic N) is 1. The van der Waals surface area contributed by atoms with Gasteiger partial charge in [-0.25, -0.2) is 4.98 Å². The molecule has 1 aliphatic rings. The second kappa shape index (κ2) is 4.42. The average Bonchev–Trinajstić information content (AvgIpc) is 2.33. The molecule has 2 N–H and O–H groups in total. The first-order valence-corrected chi connectivity index (χ1v) is 5.66. The Morgan fingerprint density at radius 1 is 1.71 bits per heavy atom. The van der Waals surface area contributed by atoms with Crippen LogP contribution >= 0.6 is 11.6 Å². The Balaban J connectivity index is 2.63. The molecule has 0 saturated heterocycles. The number of rotatable bonds is 2. The lowest BCUT2D eigenvalue weighted by atomic mass is 9.86. The van der Waals surface area contributed by atoms with E-state index in [4.69, 9.17) is 21.1 Å². The number of aliphatic hydroxyl groups excluding tert-OH is 1. The maximum Gasteiger partial charge on any atom is 0.220 e. The molecule has 6 heteroatoms. The van der Waals surface area contributed by atoms with E-state index in [2.05, 4.69) is 4.98 Å². The fraction of sp³-hybridized carbons (Fsp3) is 0.545. The monoisotopic (exact) mass is 259 g/mol. The minimum atomic E-state index is -1.48.